The first kappa shape index (κ1) is 39.5. The van der Waals surface area contributed by atoms with Gasteiger partial charge < -0.3 is 24.2 Å². The molecule has 3 aliphatic heterocycles. The monoisotopic (exact) mass is 780 g/mol. The highest BCUT2D eigenvalue weighted by atomic mass is 35.5. The Kier molecular flexibility index (Phi) is 12.7. The van der Waals surface area contributed by atoms with Crippen LogP contribution in [0.5, 0.6) is 5.75 Å². The van der Waals surface area contributed by atoms with Crippen LogP contribution in [0.3, 0.4) is 0 Å². The molecule has 1 saturated heterocycles. The Morgan fingerprint density at radius 1 is 0.875 bits per heavy atom. The van der Waals surface area contributed by atoms with Crippen LogP contribution in [0.4, 0.5) is 4.79 Å². The zero-order valence-electron chi connectivity index (χ0n) is 32.8. The van der Waals surface area contributed by atoms with Crippen LogP contribution in [0.25, 0.3) is 5.69 Å². The molecule has 56 heavy (non-hydrogen) atoms. The third-order valence-electron chi connectivity index (χ3n) is 11.3. The highest BCUT2D eigenvalue weighted by Crippen LogP contribution is 2.33. The summed E-state index contributed by atoms with van der Waals surface area (Å²) in [6, 6.07) is 21.2. The lowest BCUT2D eigenvalue weighted by molar-refractivity contribution is 0.0192. The zero-order valence-corrected chi connectivity index (χ0v) is 33.6. The molecule has 0 bridgehead atoms. The van der Waals surface area contributed by atoms with Gasteiger partial charge in [0.25, 0.3) is 11.8 Å². The summed E-state index contributed by atoms with van der Waals surface area (Å²) in [7, 11) is 0. The Balaban J connectivity index is 1.28. The summed E-state index contributed by atoms with van der Waals surface area (Å²) in [5, 5.41) is 5.20. The van der Waals surface area contributed by atoms with Crippen molar-refractivity contribution in [1.82, 2.24) is 29.4 Å². The number of unbranched alkanes of at least 4 members (excludes halogenated alkanes) is 2. The van der Waals surface area contributed by atoms with Gasteiger partial charge in [-0.15, -0.1) is 0 Å². The minimum Gasteiger partial charge on any atom is -0.410 e. The molecule has 7 rings (SSSR count). The molecule has 11 nitrogen and oxygen atoms in total. The first-order chi connectivity index (χ1) is 27.2. The molecule has 0 N–H and O–H groups in total. The molecule has 1 atom stereocenters. The normalized spacial score (nSPS) is 17.0. The molecule has 3 amide bonds. The lowest BCUT2D eigenvalue weighted by Gasteiger charge is -2.41. The van der Waals surface area contributed by atoms with Gasteiger partial charge in [-0.25, -0.2) is 9.48 Å². The Morgan fingerprint density at radius 2 is 1.57 bits per heavy atom. The van der Waals surface area contributed by atoms with Gasteiger partial charge in [-0.05, 0) is 79.1 Å². The van der Waals surface area contributed by atoms with E-state index in [9.17, 15) is 9.59 Å². The number of carbonyl (C=O) groups excluding carboxylic acids is 3. The fraction of sp³-hybridized carbons (Fsp3) is 0.455. The standard InChI is InChI=1S/C44H53ClN6O5/c1-4-6-18-48(19-7-5-2)43(53)41-40(45)31(3)51(46-41)39-27-33-17-20-49(44(54)56-37-15-9-8-10-16-37)28-35(33)26-38(39)42(52)50-29-34-14-12-11-13-32(34)25-36(50)30-47-21-23-55-24-22-47/h8-16,26-27,36H,4-7,17-25,28-30H2,1-3H3/t36-/m0/s1. The van der Waals surface area contributed by atoms with E-state index in [0.29, 0.717) is 68.5 Å². The second-order valence-electron chi connectivity index (χ2n) is 15.1. The van der Waals surface area contributed by atoms with Crippen LogP contribution >= 0.6 is 11.6 Å². The number of nitrogens with zero attached hydrogens (tertiary/aromatic N) is 6. The number of rotatable bonds is 12. The quantitative estimate of drug-likeness (QED) is 0.149. The molecule has 1 aromatic heterocycles. The van der Waals surface area contributed by atoms with Crippen molar-refractivity contribution in [2.24, 2.45) is 0 Å². The maximum Gasteiger partial charge on any atom is 0.415 e. The van der Waals surface area contributed by atoms with E-state index in [2.05, 4.69) is 36.9 Å². The predicted molar refractivity (Wildman–Crippen MR) is 217 cm³/mol. The Labute approximate surface area is 335 Å². The molecule has 3 aliphatic rings. The number of hydrogen-bond acceptors (Lipinski definition) is 7. The Bertz CT molecular complexity index is 2020. The summed E-state index contributed by atoms with van der Waals surface area (Å²) in [6.45, 7) is 12.2. The number of hydrogen-bond donors (Lipinski definition) is 0. The number of para-hydroxylation sites is 1. The molecule has 296 valence electrons. The van der Waals surface area contributed by atoms with Gasteiger partial charge in [-0.1, -0.05) is 80.8 Å². The molecule has 4 heterocycles. The highest BCUT2D eigenvalue weighted by Gasteiger charge is 2.35. The largest absolute Gasteiger partial charge is 0.415 e. The summed E-state index contributed by atoms with van der Waals surface area (Å²) < 4.78 is 13.0. The summed E-state index contributed by atoms with van der Waals surface area (Å²) in [6.07, 6.45) is 4.55. The van der Waals surface area contributed by atoms with Crippen LogP contribution in [0.2, 0.25) is 5.02 Å². The van der Waals surface area contributed by atoms with E-state index >= 15 is 4.79 Å². The molecule has 0 radical (unpaired) electrons. The number of fused-ring (bicyclic) bond motifs is 2. The van der Waals surface area contributed by atoms with E-state index in [0.717, 1.165) is 68.4 Å². The summed E-state index contributed by atoms with van der Waals surface area (Å²) in [5.74, 6) is 0.145. The molecule has 0 aliphatic carbocycles. The molecule has 1 fully saturated rings. The number of morpholine rings is 1. The van der Waals surface area contributed by atoms with E-state index in [4.69, 9.17) is 26.2 Å². The Morgan fingerprint density at radius 3 is 2.29 bits per heavy atom. The maximum absolute atomic E-state index is 15.3. The molecular formula is C44H53ClN6O5. The van der Waals surface area contributed by atoms with Crippen molar-refractivity contribution >= 4 is 29.5 Å². The van der Waals surface area contributed by atoms with E-state index < -0.39 is 6.09 Å². The topological polar surface area (TPSA) is 100 Å². The molecular weight excluding hydrogens is 728 g/mol. The fourth-order valence-corrected chi connectivity index (χ4v) is 8.19. The van der Waals surface area contributed by atoms with Crippen molar-refractivity contribution in [3.05, 3.63) is 111 Å². The van der Waals surface area contributed by atoms with Crippen LogP contribution in [0.1, 0.15) is 88.3 Å². The minimum atomic E-state index is -0.439. The SMILES string of the molecule is CCCCN(CCCC)C(=O)c1nn(-c2cc3c(cc2C(=O)N2Cc4ccccc4C[C@H]2CN2CCOCC2)CN(C(=O)Oc2ccccc2)CC3)c(C)c1Cl. The average molecular weight is 781 g/mol. The second-order valence-corrected chi connectivity index (χ2v) is 15.5. The minimum absolute atomic E-state index is 0.0816. The highest BCUT2D eigenvalue weighted by molar-refractivity contribution is 6.34. The van der Waals surface area contributed by atoms with E-state index in [1.54, 1.807) is 21.7 Å². The first-order valence-electron chi connectivity index (χ1n) is 20.2. The van der Waals surface area contributed by atoms with Gasteiger partial charge in [0.15, 0.2) is 5.69 Å². The van der Waals surface area contributed by atoms with Crippen molar-refractivity contribution in [2.75, 3.05) is 52.5 Å². The van der Waals surface area contributed by atoms with Gasteiger partial charge in [0, 0.05) is 58.4 Å². The number of halogens is 1. The lowest BCUT2D eigenvalue weighted by atomic mass is 9.91. The molecule has 4 aromatic rings. The van der Waals surface area contributed by atoms with Gasteiger partial charge in [-0.2, -0.15) is 5.10 Å². The molecule has 0 spiro atoms. The van der Waals surface area contributed by atoms with Crippen LogP contribution in [0, 0.1) is 6.92 Å². The predicted octanol–water partition coefficient (Wildman–Crippen LogP) is 7.33. The van der Waals surface area contributed by atoms with Crippen LogP contribution in [-0.4, -0.2) is 106 Å². The summed E-state index contributed by atoms with van der Waals surface area (Å²) in [4.78, 5) is 50.7. The second kappa shape index (κ2) is 18.0. The number of aromatic nitrogens is 2. The first-order valence-corrected chi connectivity index (χ1v) is 20.5. The van der Waals surface area contributed by atoms with Gasteiger partial charge in [0.1, 0.15) is 5.75 Å². The van der Waals surface area contributed by atoms with Crippen molar-refractivity contribution < 1.29 is 23.9 Å². The number of ether oxygens (including phenoxy) is 2. The summed E-state index contributed by atoms with van der Waals surface area (Å²) >= 11 is 7.00. The molecule has 0 unspecified atom stereocenters. The number of benzene rings is 3. The zero-order chi connectivity index (χ0) is 39.2. The Hall–Kier alpha value is -4.71. The van der Waals surface area contributed by atoms with Gasteiger partial charge in [-0.3, -0.25) is 14.5 Å². The van der Waals surface area contributed by atoms with Gasteiger partial charge >= 0.3 is 6.09 Å². The van der Waals surface area contributed by atoms with Crippen molar-refractivity contribution in [3.63, 3.8) is 0 Å². The van der Waals surface area contributed by atoms with Crippen molar-refractivity contribution in [2.45, 2.75) is 78.4 Å². The van der Waals surface area contributed by atoms with Gasteiger partial charge in [0.05, 0.1) is 35.2 Å². The third-order valence-corrected chi connectivity index (χ3v) is 11.7. The van der Waals surface area contributed by atoms with Gasteiger partial charge in [0.2, 0.25) is 0 Å². The molecule has 3 aromatic carbocycles. The van der Waals surface area contributed by atoms with Crippen LogP contribution < -0.4 is 4.74 Å². The molecule has 12 heteroatoms. The van der Waals surface area contributed by atoms with Crippen molar-refractivity contribution in [1.29, 1.82) is 0 Å². The maximum atomic E-state index is 15.3. The number of carbonyl (C=O) groups is 3. The average Bonchev–Trinajstić information content (AvgIpc) is 3.52. The van der Waals surface area contributed by atoms with E-state index in [1.165, 1.54) is 5.56 Å². The van der Waals surface area contributed by atoms with Crippen molar-refractivity contribution in [3.8, 4) is 11.4 Å². The van der Waals surface area contributed by atoms with E-state index in [-0.39, 0.29) is 35.1 Å². The third kappa shape index (κ3) is 8.65. The molecule has 0 saturated carbocycles. The lowest BCUT2D eigenvalue weighted by Crippen LogP contribution is -2.52. The van der Waals surface area contributed by atoms with Crippen LogP contribution in [0.15, 0.2) is 66.7 Å². The smallest absolute Gasteiger partial charge is 0.410 e. The summed E-state index contributed by atoms with van der Waals surface area (Å²) in [5.41, 5.74) is 6.05. The fourth-order valence-electron chi connectivity index (χ4n) is 7.99. The van der Waals surface area contributed by atoms with Crippen LogP contribution in [-0.2, 0) is 30.7 Å². The number of amides is 3. The van der Waals surface area contributed by atoms with E-state index in [1.807, 2.05) is 53.1 Å².